The second-order valence-electron chi connectivity index (χ2n) is 4.78. The summed E-state index contributed by atoms with van der Waals surface area (Å²) in [5.41, 5.74) is 1.41. The Kier molecular flexibility index (Phi) is 3.01. The standard InChI is InChI=1S/C13H17BrN2/c14-11-3-1-10(2-4-11)13-9-16(8-7-15-13)12-5-6-12/h1-4,12-13,15H,5-9H2/t13-/m1/s1. The lowest BCUT2D eigenvalue weighted by molar-refractivity contribution is 0.192. The first-order valence-corrected chi connectivity index (χ1v) is 6.85. The number of benzene rings is 1. The molecule has 1 aromatic carbocycles. The molecule has 0 bridgehead atoms. The zero-order valence-corrected chi connectivity index (χ0v) is 10.9. The van der Waals surface area contributed by atoms with Crippen molar-refractivity contribution in [3.63, 3.8) is 0 Å². The van der Waals surface area contributed by atoms with Gasteiger partial charge < -0.3 is 5.32 Å². The monoisotopic (exact) mass is 280 g/mol. The number of nitrogens with one attached hydrogen (secondary N) is 1. The van der Waals surface area contributed by atoms with Crippen LogP contribution in [0.1, 0.15) is 24.4 Å². The molecule has 2 nitrogen and oxygen atoms in total. The molecule has 86 valence electrons. The van der Waals surface area contributed by atoms with Crippen molar-refractivity contribution in [2.24, 2.45) is 0 Å². The minimum atomic E-state index is 0.516. The van der Waals surface area contributed by atoms with E-state index in [1.807, 2.05) is 0 Å². The van der Waals surface area contributed by atoms with Gasteiger partial charge in [0.05, 0.1) is 0 Å². The second-order valence-corrected chi connectivity index (χ2v) is 5.70. The van der Waals surface area contributed by atoms with Gasteiger partial charge in [-0.25, -0.2) is 0 Å². The molecule has 1 saturated heterocycles. The third-order valence-corrected chi connectivity index (χ3v) is 4.07. The van der Waals surface area contributed by atoms with Crippen molar-refractivity contribution >= 4 is 15.9 Å². The summed E-state index contributed by atoms with van der Waals surface area (Å²) in [7, 11) is 0. The fourth-order valence-corrected chi connectivity index (χ4v) is 2.73. The molecule has 0 unspecified atom stereocenters. The first kappa shape index (κ1) is 10.8. The molecular weight excluding hydrogens is 264 g/mol. The van der Waals surface area contributed by atoms with Crippen molar-refractivity contribution in [2.75, 3.05) is 19.6 Å². The van der Waals surface area contributed by atoms with Gasteiger partial charge in [0, 0.05) is 36.2 Å². The van der Waals surface area contributed by atoms with E-state index in [9.17, 15) is 0 Å². The van der Waals surface area contributed by atoms with Crippen LogP contribution in [0.2, 0.25) is 0 Å². The van der Waals surface area contributed by atoms with Crippen LogP contribution in [0.3, 0.4) is 0 Å². The molecule has 0 spiro atoms. The minimum Gasteiger partial charge on any atom is -0.308 e. The Morgan fingerprint density at radius 2 is 1.94 bits per heavy atom. The van der Waals surface area contributed by atoms with Gasteiger partial charge in [-0.3, -0.25) is 4.90 Å². The molecule has 3 heteroatoms. The van der Waals surface area contributed by atoms with Gasteiger partial charge in [-0.1, -0.05) is 28.1 Å². The van der Waals surface area contributed by atoms with E-state index in [2.05, 4.69) is 50.4 Å². The maximum atomic E-state index is 3.61. The summed E-state index contributed by atoms with van der Waals surface area (Å²) >= 11 is 3.48. The van der Waals surface area contributed by atoms with Gasteiger partial charge >= 0.3 is 0 Å². The number of halogens is 1. The van der Waals surface area contributed by atoms with E-state index in [1.54, 1.807) is 0 Å². The Labute approximate surface area is 105 Å². The molecule has 0 radical (unpaired) electrons. The van der Waals surface area contributed by atoms with Gasteiger partial charge in [0.1, 0.15) is 0 Å². The van der Waals surface area contributed by atoms with E-state index in [0.29, 0.717) is 6.04 Å². The van der Waals surface area contributed by atoms with E-state index in [0.717, 1.165) is 17.1 Å². The van der Waals surface area contributed by atoms with Gasteiger partial charge in [-0.15, -0.1) is 0 Å². The van der Waals surface area contributed by atoms with Crippen molar-refractivity contribution in [1.82, 2.24) is 10.2 Å². The number of nitrogens with zero attached hydrogens (tertiary/aromatic N) is 1. The van der Waals surface area contributed by atoms with Crippen LogP contribution in [0.25, 0.3) is 0 Å². The van der Waals surface area contributed by atoms with Crippen LogP contribution >= 0.6 is 15.9 Å². The highest BCUT2D eigenvalue weighted by Crippen LogP contribution is 2.30. The summed E-state index contributed by atoms with van der Waals surface area (Å²) in [5.74, 6) is 0. The van der Waals surface area contributed by atoms with Gasteiger partial charge in [0.25, 0.3) is 0 Å². The molecule has 1 N–H and O–H groups in total. The minimum absolute atomic E-state index is 0.516. The van der Waals surface area contributed by atoms with Gasteiger partial charge in [0.15, 0.2) is 0 Å². The molecule has 1 atom stereocenters. The molecule has 1 heterocycles. The predicted molar refractivity (Wildman–Crippen MR) is 69.5 cm³/mol. The summed E-state index contributed by atoms with van der Waals surface area (Å²) in [4.78, 5) is 2.64. The van der Waals surface area contributed by atoms with Crippen LogP contribution in [0.4, 0.5) is 0 Å². The molecule has 1 aliphatic heterocycles. The molecule has 1 aliphatic carbocycles. The highest BCUT2D eigenvalue weighted by Gasteiger charge is 2.32. The molecule has 2 fully saturated rings. The van der Waals surface area contributed by atoms with Crippen molar-refractivity contribution in [3.05, 3.63) is 34.3 Å². The summed E-state index contributed by atoms with van der Waals surface area (Å²) in [6.45, 7) is 3.52. The maximum Gasteiger partial charge on any atom is 0.0449 e. The molecular formula is C13H17BrN2. The SMILES string of the molecule is Brc1ccc([C@H]2CN(C3CC3)CCN2)cc1. The average molecular weight is 281 g/mol. The highest BCUT2D eigenvalue weighted by atomic mass is 79.9. The summed E-state index contributed by atoms with van der Waals surface area (Å²) in [6, 6.07) is 10.1. The zero-order chi connectivity index (χ0) is 11.0. The Morgan fingerprint density at radius 3 is 2.62 bits per heavy atom. The van der Waals surface area contributed by atoms with E-state index < -0.39 is 0 Å². The first-order valence-electron chi connectivity index (χ1n) is 6.06. The molecule has 2 aliphatic rings. The third-order valence-electron chi connectivity index (χ3n) is 3.54. The molecule has 1 aromatic rings. The molecule has 3 rings (SSSR count). The molecule has 16 heavy (non-hydrogen) atoms. The fraction of sp³-hybridized carbons (Fsp3) is 0.538. The van der Waals surface area contributed by atoms with Crippen molar-refractivity contribution < 1.29 is 0 Å². The van der Waals surface area contributed by atoms with Gasteiger partial charge in [-0.2, -0.15) is 0 Å². The van der Waals surface area contributed by atoms with Gasteiger partial charge in [0.2, 0.25) is 0 Å². The Morgan fingerprint density at radius 1 is 1.19 bits per heavy atom. The fourth-order valence-electron chi connectivity index (χ4n) is 2.46. The molecule has 0 amide bonds. The van der Waals surface area contributed by atoms with E-state index in [-0.39, 0.29) is 0 Å². The van der Waals surface area contributed by atoms with Crippen LogP contribution in [-0.4, -0.2) is 30.6 Å². The smallest absolute Gasteiger partial charge is 0.0449 e. The second kappa shape index (κ2) is 4.47. The van der Waals surface area contributed by atoms with Crippen LogP contribution in [0, 0.1) is 0 Å². The summed E-state index contributed by atoms with van der Waals surface area (Å²) in [6.07, 6.45) is 2.82. The van der Waals surface area contributed by atoms with Crippen molar-refractivity contribution in [1.29, 1.82) is 0 Å². The lowest BCUT2D eigenvalue weighted by Crippen LogP contribution is -2.46. The van der Waals surface area contributed by atoms with Gasteiger partial charge in [-0.05, 0) is 30.5 Å². The summed E-state index contributed by atoms with van der Waals surface area (Å²) in [5, 5.41) is 3.61. The van der Waals surface area contributed by atoms with Crippen molar-refractivity contribution in [3.8, 4) is 0 Å². The number of hydrogen-bond acceptors (Lipinski definition) is 2. The Hall–Kier alpha value is -0.380. The predicted octanol–water partition coefficient (Wildman–Crippen LogP) is 2.56. The lowest BCUT2D eigenvalue weighted by Gasteiger charge is -2.34. The Balaban J connectivity index is 1.71. The van der Waals surface area contributed by atoms with E-state index >= 15 is 0 Å². The van der Waals surface area contributed by atoms with Crippen LogP contribution in [0.15, 0.2) is 28.7 Å². The average Bonchev–Trinajstić information content (AvgIpc) is 3.14. The zero-order valence-electron chi connectivity index (χ0n) is 9.32. The number of rotatable bonds is 2. The normalized spacial score (nSPS) is 26.9. The first-order chi connectivity index (χ1) is 7.83. The largest absolute Gasteiger partial charge is 0.308 e. The highest BCUT2D eigenvalue weighted by molar-refractivity contribution is 9.10. The summed E-state index contributed by atoms with van der Waals surface area (Å²) < 4.78 is 1.16. The third kappa shape index (κ3) is 2.31. The lowest BCUT2D eigenvalue weighted by atomic mass is 10.0. The quantitative estimate of drug-likeness (QED) is 0.896. The van der Waals surface area contributed by atoms with Crippen LogP contribution in [0.5, 0.6) is 0 Å². The molecule has 1 saturated carbocycles. The van der Waals surface area contributed by atoms with Crippen molar-refractivity contribution in [2.45, 2.75) is 24.9 Å². The number of hydrogen-bond donors (Lipinski definition) is 1. The maximum absolute atomic E-state index is 3.61. The topological polar surface area (TPSA) is 15.3 Å². The van der Waals surface area contributed by atoms with E-state index in [4.69, 9.17) is 0 Å². The number of piperazine rings is 1. The Bertz CT molecular complexity index is 359. The van der Waals surface area contributed by atoms with Crippen LogP contribution in [-0.2, 0) is 0 Å². The molecule has 0 aromatic heterocycles. The van der Waals surface area contributed by atoms with Crippen LogP contribution < -0.4 is 5.32 Å². The van der Waals surface area contributed by atoms with E-state index in [1.165, 1.54) is 31.5 Å².